The maximum Gasteiger partial charge on any atom is 0.337 e. The van der Waals surface area contributed by atoms with Crippen LogP contribution in [0.1, 0.15) is 210 Å². The molecule has 4 aliphatic carbocycles. The molecule has 1 aromatic heterocycles. The average Bonchev–Trinajstić information content (AvgIpc) is 1.24. The molecule has 17 rings (SSSR count). The van der Waals surface area contributed by atoms with Crippen LogP contribution in [0.2, 0.25) is 0 Å². The number of hydrogen-bond acceptors (Lipinski definition) is 18. The smallest absolute Gasteiger partial charge is 0.337 e. The van der Waals surface area contributed by atoms with E-state index in [-0.39, 0.29) is 69.8 Å². The molecule has 4 aliphatic heterocycles. The van der Waals surface area contributed by atoms with E-state index in [1.54, 1.807) is 27.2 Å². The van der Waals surface area contributed by atoms with E-state index in [1.807, 2.05) is 198 Å². The highest BCUT2D eigenvalue weighted by atomic mass is 16.5. The minimum atomic E-state index is -0.483. The number of carbonyl (C=O) groups is 8. The first-order valence-electron chi connectivity index (χ1n) is 44.7. The van der Waals surface area contributed by atoms with Crippen molar-refractivity contribution in [3.05, 3.63) is 360 Å². The first kappa shape index (κ1) is 91.7. The molecule has 4 N–H and O–H groups in total. The normalized spacial score (nSPS) is 20.1. The molecule has 0 bridgehead atoms. The van der Waals surface area contributed by atoms with Crippen molar-refractivity contribution in [3.63, 3.8) is 0 Å². The Morgan fingerprint density at radius 3 is 1.09 bits per heavy atom. The van der Waals surface area contributed by atoms with E-state index in [0.29, 0.717) is 96.4 Å². The lowest BCUT2D eigenvalue weighted by Crippen LogP contribution is -2.39. The van der Waals surface area contributed by atoms with Gasteiger partial charge < -0.3 is 49.4 Å². The van der Waals surface area contributed by atoms with E-state index in [2.05, 4.69) is 123 Å². The zero-order chi connectivity index (χ0) is 91.8. The van der Waals surface area contributed by atoms with Crippen LogP contribution in [-0.4, -0.2) is 74.4 Å². The van der Waals surface area contributed by atoms with Gasteiger partial charge in [-0.3, -0.25) is 19.2 Å². The van der Waals surface area contributed by atoms with Crippen LogP contribution in [-0.2, 0) is 63.9 Å². The number of ether oxygens (including phenoxy) is 5. The van der Waals surface area contributed by atoms with E-state index in [0.717, 1.165) is 143 Å². The Labute approximate surface area is 757 Å². The molecule has 0 saturated heterocycles. The lowest BCUT2D eigenvalue weighted by atomic mass is 9.68. The van der Waals surface area contributed by atoms with E-state index in [4.69, 9.17) is 28.1 Å². The molecule has 0 saturated carbocycles. The molecular weight excluding hydrogens is 1610 g/mol. The molecule has 8 aromatic carbocycles. The fraction of sp³-hybridized carbons (Fsp3) is 0.315. The van der Waals surface area contributed by atoms with E-state index >= 15 is 0 Å². The van der Waals surface area contributed by atoms with Crippen molar-refractivity contribution in [1.82, 2.24) is 21.3 Å². The maximum atomic E-state index is 13.6. The predicted octanol–water partition coefficient (Wildman–Crippen LogP) is 22.3. The number of benzene rings is 8. The Hall–Kier alpha value is -13.5. The molecule has 0 fully saturated rings. The number of Topliss-reactive ketones (excluding diaryl/α,β-unsaturated/α-hetero) is 4. The highest BCUT2D eigenvalue weighted by Crippen LogP contribution is 2.53. The lowest BCUT2D eigenvalue weighted by Gasteiger charge is -2.40. The van der Waals surface area contributed by atoms with Crippen LogP contribution in [0.4, 0.5) is 0 Å². The quantitative estimate of drug-likeness (QED) is 0.0461. The minimum absolute atomic E-state index is 0.0210. The predicted molar refractivity (Wildman–Crippen MR) is 502 cm³/mol. The van der Waals surface area contributed by atoms with Crippen molar-refractivity contribution in [2.75, 3.05) is 27.4 Å². The number of esters is 4. The van der Waals surface area contributed by atoms with Gasteiger partial charge in [-0.25, -0.2) is 19.2 Å². The zero-order valence-corrected chi connectivity index (χ0v) is 76.5. The second kappa shape index (κ2) is 39.4. The van der Waals surface area contributed by atoms with Crippen molar-refractivity contribution in [3.8, 4) is 39.1 Å². The van der Waals surface area contributed by atoms with Crippen molar-refractivity contribution in [1.29, 1.82) is 0 Å². The number of carbonyl (C=O) groups excluding carboxylic acids is 8. The molecule has 664 valence electrons. The molecular formula is C111H116N4O14. The molecule has 129 heavy (non-hydrogen) atoms. The van der Waals surface area contributed by atoms with Gasteiger partial charge in [0.25, 0.3) is 0 Å². The van der Waals surface area contributed by atoms with Crippen LogP contribution in [0.15, 0.2) is 325 Å². The van der Waals surface area contributed by atoms with Gasteiger partial charge in [-0.1, -0.05) is 254 Å². The molecule has 0 spiro atoms. The number of methoxy groups -OCH3 is 2. The monoisotopic (exact) mass is 1730 g/mol. The van der Waals surface area contributed by atoms with Crippen LogP contribution in [0.5, 0.6) is 5.75 Å². The van der Waals surface area contributed by atoms with Gasteiger partial charge in [0.1, 0.15) is 18.1 Å². The number of nitrogens with one attached hydrogen (secondary N) is 4. The second-order valence-electron chi connectivity index (χ2n) is 36.8. The second-order valence-corrected chi connectivity index (χ2v) is 36.8. The third kappa shape index (κ3) is 20.4. The average molecular weight is 1730 g/mol. The number of ketones is 4. The lowest BCUT2D eigenvalue weighted by molar-refractivity contribution is -0.141. The van der Waals surface area contributed by atoms with Crippen LogP contribution in [0, 0.1) is 23.2 Å². The molecule has 5 heterocycles. The Morgan fingerprint density at radius 2 is 0.713 bits per heavy atom. The van der Waals surface area contributed by atoms with Crippen LogP contribution in [0.25, 0.3) is 33.4 Å². The molecule has 18 heteroatoms. The van der Waals surface area contributed by atoms with Crippen LogP contribution < -0.4 is 26.0 Å². The summed E-state index contributed by atoms with van der Waals surface area (Å²) in [7, 11) is 2.99. The van der Waals surface area contributed by atoms with Gasteiger partial charge in [-0.05, 0) is 175 Å². The fourth-order valence-corrected chi connectivity index (χ4v) is 19.4. The molecule has 0 radical (unpaired) electrons. The minimum Gasteiger partial charge on any atom is -0.497 e. The molecule has 18 nitrogen and oxygen atoms in total. The number of dihydropyridines is 4. The zero-order valence-electron chi connectivity index (χ0n) is 76.5. The Balaban J connectivity index is 0.000000140. The Morgan fingerprint density at radius 1 is 0.364 bits per heavy atom. The summed E-state index contributed by atoms with van der Waals surface area (Å²) in [4.78, 5) is 106. The number of aryl methyl sites for hydroxylation is 1. The SMILES string of the molecule is CCOC(=O)C1=C(C)NC2=C(C(=O)CC(C)(C)C2)C1c1ccc(-c2ccccc2)cc1.CCOC(=O)C1=C(CC)NC2=C(C(=O)CC(C)(C)C2)C1c1ccc(C)cc1.COC(=O)C1=C(C)NC2=C(C(=O)CC(c3ccco3)C2)C1c1ccc(-c2ccccc2)cc1.COc1ccc(COC(=O)C2=C(C)NC3=C(C(=O)CC(C)(C)C3)C2c2ccc(-c3ccccc3)cc2)cc1. The summed E-state index contributed by atoms with van der Waals surface area (Å²) in [6, 6.07) is 74.2. The van der Waals surface area contributed by atoms with Crippen molar-refractivity contribution in [2.45, 2.75) is 184 Å². The van der Waals surface area contributed by atoms with Gasteiger partial charge in [0.2, 0.25) is 0 Å². The number of allylic oxidation sites excluding steroid dienone is 12. The first-order valence-corrected chi connectivity index (χ1v) is 44.7. The summed E-state index contributed by atoms with van der Waals surface area (Å²) in [5.41, 5.74) is 23.6. The summed E-state index contributed by atoms with van der Waals surface area (Å²) in [6.45, 7) is 26.7. The largest absolute Gasteiger partial charge is 0.497 e. The highest BCUT2D eigenvalue weighted by molar-refractivity contribution is 6.08. The molecule has 8 aliphatic rings. The van der Waals surface area contributed by atoms with Crippen molar-refractivity contribution >= 4 is 47.0 Å². The first-order chi connectivity index (χ1) is 61.9. The number of rotatable bonds is 18. The molecule has 9 aromatic rings. The standard InChI is InChI=1S/C33H33NO4.C28H25NO4.C27H29NO3.C23H29NO3/c1-21-29(32(36)38-20-22-10-16-26(37-4)17-11-22)30(31-27(34-21)18-33(2,3)19-28(31)35)25-14-12-24(13-15-25)23-8-6-5-7-9-23;1-17-25(28(31)32-2)26(20-12-10-19(11-13-20)18-7-4-3-5-8-18)27-22(29-17)15-21(16-23(27)30)24-9-6-14-33-24;1-5-31-26(30)23-17(2)28-21-15-27(3,4)16-22(29)25(21)24(23)20-13-11-19(12-14-20)18-9-7-6-8-10-18;1-6-16-21(22(26)27-7-2)19(15-10-8-14(3)9-11-15)20-17(24-16)12-23(4,5)13-18(20)25/h5-17,30,34H,18-20H2,1-4H3;3-14,21,26,29H,15-16H2,1-2H3;6-14,24,28H,5,15-16H2,1-4H3;8-11,19,24H,6-7,12-13H2,1-5H3. The highest BCUT2D eigenvalue weighted by Gasteiger charge is 2.48. The summed E-state index contributed by atoms with van der Waals surface area (Å²) in [5, 5.41) is 13.5. The number of furan rings is 1. The van der Waals surface area contributed by atoms with Crippen LogP contribution in [0.3, 0.4) is 0 Å². The number of hydrogen-bond donors (Lipinski definition) is 4. The van der Waals surface area contributed by atoms with Crippen LogP contribution >= 0.6 is 0 Å². The van der Waals surface area contributed by atoms with Gasteiger partial charge in [-0.2, -0.15) is 0 Å². The van der Waals surface area contributed by atoms with Crippen molar-refractivity contribution in [2.24, 2.45) is 16.2 Å². The van der Waals surface area contributed by atoms with Gasteiger partial charge in [0.15, 0.2) is 23.1 Å². The molecule has 5 atom stereocenters. The summed E-state index contributed by atoms with van der Waals surface area (Å²) in [5.74, 6) is -1.43. The summed E-state index contributed by atoms with van der Waals surface area (Å²) < 4.78 is 32.5. The van der Waals surface area contributed by atoms with E-state index in [9.17, 15) is 38.4 Å². The Bertz CT molecular complexity index is 6040. The maximum absolute atomic E-state index is 13.6. The third-order valence-electron chi connectivity index (χ3n) is 25.3. The van der Waals surface area contributed by atoms with E-state index in [1.165, 1.54) is 7.11 Å². The van der Waals surface area contributed by atoms with Gasteiger partial charge in [0.05, 0.1) is 56.0 Å². The van der Waals surface area contributed by atoms with E-state index < -0.39 is 29.7 Å². The summed E-state index contributed by atoms with van der Waals surface area (Å²) >= 11 is 0. The Kier molecular flexibility index (Phi) is 28.0. The van der Waals surface area contributed by atoms with Gasteiger partial charge >= 0.3 is 23.9 Å². The topological polar surface area (TPSA) is 244 Å². The molecule has 5 unspecified atom stereocenters. The van der Waals surface area contributed by atoms with Gasteiger partial charge in [0, 0.05) is 123 Å². The molecule has 0 amide bonds. The fourth-order valence-electron chi connectivity index (χ4n) is 19.4. The van der Waals surface area contributed by atoms with Gasteiger partial charge in [-0.15, -0.1) is 0 Å². The van der Waals surface area contributed by atoms with Crippen molar-refractivity contribution < 1.29 is 66.5 Å². The third-order valence-corrected chi connectivity index (χ3v) is 25.3. The summed E-state index contributed by atoms with van der Waals surface area (Å²) in [6.07, 6.45) is 7.05.